The van der Waals surface area contributed by atoms with Gasteiger partial charge in [-0.2, -0.15) is 0 Å². The van der Waals surface area contributed by atoms with E-state index in [0.29, 0.717) is 18.5 Å². The molecule has 0 amide bonds. The van der Waals surface area contributed by atoms with Crippen molar-refractivity contribution in [3.05, 3.63) is 35.4 Å². The summed E-state index contributed by atoms with van der Waals surface area (Å²) in [6, 6.07) is 9.55. The lowest BCUT2D eigenvalue weighted by molar-refractivity contribution is 0.401. The van der Waals surface area contributed by atoms with E-state index in [1.54, 1.807) is 0 Å². The lowest BCUT2D eigenvalue weighted by atomic mass is 9.86. The van der Waals surface area contributed by atoms with Crippen molar-refractivity contribution < 1.29 is 0 Å². The zero-order chi connectivity index (χ0) is 14.5. The Balaban J connectivity index is 2.69. The summed E-state index contributed by atoms with van der Waals surface area (Å²) in [6.45, 7) is 12.9. The first-order chi connectivity index (χ1) is 8.84. The van der Waals surface area contributed by atoms with Crippen LogP contribution in [0.1, 0.15) is 45.7 Å². The smallest absolute Gasteiger partial charge is 0.0131 e. The molecule has 0 radical (unpaired) electrons. The molecule has 108 valence electrons. The third kappa shape index (κ3) is 5.33. The highest BCUT2D eigenvalue weighted by atomic mass is 14.9. The zero-order valence-corrected chi connectivity index (χ0v) is 13.2. The van der Waals surface area contributed by atoms with E-state index in [1.807, 2.05) is 0 Å². The van der Waals surface area contributed by atoms with Gasteiger partial charge in [-0.05, 0) is 28.9 Å². The van der Waals surface area contributed by atoms with Crippen LogP contribution in [0.4, 0.5) is 0 Å². The molecule has 1 atom stereocenters. The van der Waals surface area contributed by atoms with E-state index in [4.69, 9.17) is 5.73 Å². The molecule has 2 heteroatoms. The van der Waals surface area contributed by atoms with Gasteiger partial charge in [0, 0.05) is 19.1 Å². The maximum Gasteiger partial charge on any atom is 0.0131 e. The molecule has 1 rings (SSSR count). The number of rotatable bonds is 6. The quantitative estimate of drug-likeness (QED) is 0.827. The summed E-state index contributed by atoms with van der Waals surface area (Å²) in [6.07, 6.45) is 1.07. The third-order valence-electron chi connectivity index (χ3n) is 3.63. The molecule has 0 aliphatic heterocycles. The summed E-state index contributed by atoms with van der Waals surface area (Å²) in [5.74, 6) is 0.619. The Labute approximate surface area is 118 Å². The van der Waals surface area contributed by atoms with Crippen molar-refractivity contribution in [3.63, 3.8) is 0 Å². The van der Waals surface area contributed by atoms with Crippen LogP contribution in [-0.4, -0.2) is 19.1 Å². The summed E-state index contributed by atoms with van der Waals surface area (Å²) in [4.78, 5) is 0. The third-order valence-corrected chi connectivity index (χ3v) is 3.63. The maximum atomic E-state index is 5.58. The van der Waals surface area contributed by atoms with Gasteiger partial charge in [0.15, 0.2) is 0 Å². The first-order valence-corrected chi connectivity index (χ1v) is 7.37. The first kappa shape index (κ1) is 16.2. The van der Waals surface area contributed by atoms with E-state index in [9.17, 15) is 0 Å². The predicted octanol–water partition coefficient (Wildman–Crippen LogP) is 3.10. The molecular formula is C17H30N2. The molecule has 0 aliphatic carbocycles. The molecule has 2 nitrogen and oxygen atoms in total. The SMILES string of the molecule is CC(C)C(Cc1ccc(C(C)(C)C)cc1)NCCN. The second-order valence-electron chi connectivity index (χ2n) is 6.74. The minimum Gasteiger partial charge on any atom is -0.329 e. The summed E-state index contributed by atoms with van der Waals surface area (Å²) in [5, 5.41) is 3.54. The fourth-order valence-electron chi connectivity index (χ4n) is 2.21. The highest BCUT2D eigenvalue weighted by molar-refractivity contribution is 5.28. The number of nitrogens with two attached hydrogens (primary N) is 1. The normalized spacial score (nSPS) is 13.8. The van der Waals surface area contributed by atoms with Crippen LogP contribution in [-0.2, 0) is 11.8 Å². The molecule has 1 unspecified atom stereocenters. The van der Waals surface area contributed by atoms with Gasteiger partial charge in [0.1, 0.15) is 0 Å². The van der Waals surface area contributed by atoms with Crippen molar-refractivity contribution >= 4 is 0 Å². The second-order valence-corrected chi connectivity index (χ2v) is 6.74. The number of nitrogens with one attached hydrogen (secondary N) is 1. The van der Waals surface area contributed by atoms with Crippen LogP contribution in [0, 0.1) is 5.92 Å². The van der Waals surface area contributed by atoms with Gasteiger partial charge in [-0.3, -0.25) is 0 Å². The summed E-state index contributed by atoms with van der Waals surface area (Å²) in [7, 11) is 0. The van der Waals surface area contributed by atoms with E-state index in [2.05, 4.69) is 64.2 Å². The fourth-order valence-corrected chi connectivity index (χ4v) is 2.21. The van der Waals surface area contributed by atoms with Gasteiger partial charge in [0.25, 0.3) is 0 Å². The largest absolute Gasteiger partial charge is 0.329 e. The molecule has 0 heterocycles. The molecule has 0 saturated heterocycles. The molecule has 0 aromatic heterocycles. The van der Waals surface area contributed by atoms with Crippen LogP contribution < -0.4 is 11.1 Å². The lowest BCUT2D eigenvalue weighted by Gasteiger charge is -2.23. The molecule has 1 aromatic rings. The Kier molecular flexibility index (Phi) is 6.02. The van der Waals surface area contributed by atoms with E-state index in [-0.39, 0.29) is 5.41 Å². The highest BCUT2D eigenvalue weighted by Gasteiger charge is 2.15. The Hall–Kier alpha value is -0.860. The highest BCUT2D eigenvalue weighted by Crippen LogP contribution is 2.22. The van der Waals surface area contributed by atoms with Gasteiger partial charge < -0.3 is 11.1 Å². The van der Waals surface area contributed by atoms with Crippen molar-refractivity contribution in [2.75, 3.05) is 13.1 Å². The van der Waals surface area contributed by atoms with E-state index in [0.717, 1.165) is 13.0 Å². The van der Waals surface area contributed by atoms with Gasteiger partial charge in [0.2, 0.25) is 0 Å². The number of hydrogen-bond donors (Lipinski definition) is 2. The van der Waals surface area contributed by atoms with Gasteiger partial charge >= 0.3 is 0 Å². The van der Waals surface area contributed by atoms with E-state index >= 15 is 0 Å². The minimum atomic E-state index is 0.230. The van der Waals surface area contributed by atoms with E-state index in [1.165, 1.54) is 11.1 Å². The predicted molar refractivity (Wildman–Crippen MR) is 84.5 cm³/mol. The molecule has 19 heavy (non-hydrogen) atoms. The lowest BCUT2D eigenvalue weighted by Crippen LogP contribution is -2.38. The number of hydrogen-bond acceptors (Lipinski definition) is 2. The Morgan fingerprint density at radius 1 is 1.11 bits per heavy atom. The second kappa shape index (κ2) is 7.06. The Bertz CT molecular complexity index is 360. The Morgan fingerprint density at radius 3 is 2.11 bits per heavy atom. The molecule has 0 saturated carbocycles. The van der Waals surface area contributed by atoms with Crippen LogP contribution in [0.25, 0.3) is 0 Å². The van der Waals surface area contributed by atoms with Crippen LogP contribution in [0.3, 0.4) is 0 Å². The van der Waals surface area contributed by atoms with Crippen molar-refractivity contribution in [1.82, 2.24) is 5.32 Å². The van der Waals surface area contributed by atoms with Crippen LogP contribution in [0.2, 0.25) is 0 Å². The molecule has 1 aromatic carbocycles. The fraction of sp³-hybridized carbons (Fsp3) is 0.647. The van der Waals surface area contributed by atoms with Crippen LogP contribution in [0.5, 0.6) is 0 Å². The monoisotopic (exact) mass is 262 g/mol. The summed E-state index contributed by atoms with van der Waals surface area (Å²) in [5.41, 5.74) is 8.60. The maximum absolute atomic E-state index is 5.58. The summed E-state index contributed by atoms with van der Waals surface area (Å²) < 4.78 is 0. The molecule has 0 aliphatic rings. The van der Waals surface area contributed by atoms with Gasteiger partial charge in [-0.15, -0.1) is 0 Å². The van der Waals surface area contributed by atoms with Gasteiger partial charge in [-0.1, -0.05) is 58.9 Å². The van der Waals surface area contributed by atoms with E-state index < -0.39 is 0 Å². The molecular weight excluding hydrogens is 232 g/mol. The Morgan fingerprint density at radius 2 is 1.68 bits per heavy atom. The van der Waals surface area contributed by atoms with Crippen molar-refractivity contribution in [3.8, 4) is 0 Å². The summed E-state index contributed by atoms with van der Waals surface area (Å²) >= 11 is 0. The first-order valence-electron chi connectivity index (χ1n) is 7.37. The molecule has 0 bridgehead atoms. The molecule has 3 N–H and O–H groups in total. The minimum absolute atomic E-state index is 0.230. The zero-order valence-electron chi connectivity index (χ0n) is 13.2. The standard InChI is InChI=1S/C17H30N2/c1-13(2)16(19-11-10-18)12-14-6-8-15(9-7-14)17(3,4)5/h6-9,13,16,19H,10-12,18H2,1-5H3. The van der Waals surface area contributed by atoms with Crippen molar-refractivity contribution in [2.45, 2.75) is 52.5 Å². The van der Waals surface area contributed by atoms with Gasteiger partial charge in [-0.25, -0.2) is 0 Å². The van der Waals surface area contributed by atoms with Crippen LogP contribution >= 0.6 is 0 Å². The van der Waals surface area contributed by atoms with Crippen molar-refractivity contribution in [2.24, 2.45) is 11.7 Å². The topological polar surface area (TPSA) is 38.0 Å². The molecule has 0 spiro atoms. The average molecular weight is 262 g/mol. The number of benzene rings is 1. The van der Waals surface area contributed by atoms with Gasteiger partial charge in [0.05, 0.1) is 0 Å². The van der Waals surface area contributed by atoms with Crippen molar-refractivity contribution in [1.29, 1.82) is 0 Å². The average Bonchev–Trinajstić information content (AvgIpc) is 2.33. The van der Waals surface area contributed by atoms with Crippen LogP contribution in [0.15, 0.2) is 24.3 Å². The molecule has 0 fully saturated rings.